The quantitative estimate of drug-likeness (QED) is 0.477. The molecular formula is C15H28N2O4. The summed E-state index contributed by atoms with van der Waals surface area (Å²) in [6.45, 7) is 2.17. The predicted molar refractivity (Wildman–Crippen MR) is 80.6 cm³/mol. The molecule has 0 saturated heterocycles. The van der Waals surface area contributed by atoms with Crippen molar-refractivity contribution >= 4 is 17.8 Å². The van der Waals surface area contributed by atoms with E-state index < -0.39 is 17.9 Å². The highest BCUT2D eigenvalue weighted by Gasteiger charge is 2.14. The lowest BCUT2D eigenvalue weighted by atomic mass is 10.1. The van der Waals surface area contributed by atoms with Crippen LogP contribution >= 0.6 is 0 Å². The number of carboxylic acids is 1. The van der Waals surface area contributed by atoms with E-state index in [1.54, 1.807) is 0 Å². The molecule has 0 aliphatic rings. The molecule has 21 heavy (non-hydrogen) atoms. The van der Waals surface area contributed by atoms with Crippen LogP contribution in [0.4, 0.5) is 0 Å². The monoisotopic (exact) mass is 300 g/mol. The first-order valence-corrected chi connectivity index (χ1v) is 7.78. The van der Waals surface area contributed by atoms with Gasteiger partial charge in [-0.3, -0.25) is 19.7 Å². The maximum atomic E-state index is 11.5. The minimum atomic E-state index is -1.14. The van der Waals surface area contributed by atoms with E-state index in [1.807, 2.05) is 0 Å². The van der Waals surface area contributed by atoms with Gasteiger partial charge in [-0.05, 0) is 12.8 Å². The Labute approximate surface area is 126 Å². The van der Waals surface area contributed by atoms with Crippen molar-refractivity contribution in [3.63, 3.8) is 0 Å². The van der Waals surface area contributed by atoms with E-state index in [0.717, 1.165) is 19.3 Å². The van der Waals surface area contributed by atoms with E-state index in [9.17, 15) is 14.4 Å². The zero-order chi connectivity index (χ0) is 16.1. The Morgan fingerprint density at radius 3 is 2.05 bits per heavy atom. The third-order valence-electron chi connectivity index (χ3n) is 3.29. The third kappa shape index (κ3) is 12.1. The number of nitrogens with two attached hydrogens (primary N) is 1. The number of rotatable bonds is 12. The summed E-state index contributed by atoms with van der Waals surface area (Å²) in [5, 5.41) is 10.8. The Balaban J connectivity index is 3.56. The molecular weight excluding hydrogens is 272 g/mol. The average molecular weight is 300 g/mol. The molecule has 2 amide bonds. The number of aliphatic carboxylic acids is 1. The zero-order valence-electron chi connectivity index (χ0n) is 12.9. The minimum Gasteiger partial charge on any atom is -0.480 e. The van der Waals surface area contributed by atoms with Crippen LogP contribution in [0.3, 0.4) is 0 Å². The van der Waals surface area contributed by atoms with E-state index in [-0.39, 0.29) is 18.7 Å². The van der Waals surface area contributed by atoms with Crippen molar-refractivity contribution in [1.82, 2.24) is 5.32 Å². The summed E-state index contributed by atoms with van der Waals surface area (Å²) in [5.74, 6) is -1.89. The van der Waals surface area contributed by atoms with Crippen LogP contribution in [0.25, 0.3) is 0 Å². The molecule has 0 aromatic heterocycles. The molecule has 0 rings (SSSR count). The lowest BCUT2D eigenvalue weighted by molar-refractivity contribution is -0.138. The van der Waals surface area contributed by atoms with Crippen LogP contribution in [-0.2, 0) is 14.4 Å². The Hall–Kier alpha value is -1.43. The van der Waals surface area contributed by atoms with E-state index in [1.165, 1.54) is 25.7 Å². The third-order valence-corrected chi connectivity index (χ3v) is 3.29. The fourth-order valence-electron chi connectivity index (χ4n) is 1.93. The van der Waals surface area contributed by atoms with Gasteiger partial charge >= 0.3 is 5.97 Å². The number of carbonyl (C=O) groups excluding carboxylic acids is 2. The van der Waals surface area contributed by atoms with Gasteiger partial charge in [0.05, 0.1) is 0 Å². The summed E-state index contributed by atoms with van der Waals surface area (Å²) in [6.07, 6.45) is 8.13. The predicted octanol–water partition coefficient (Wildman–Crippen LogP) is 1.96. The summed E-state index contributed by atoms with van der Waals surface area (Å²) in [4.78, 5) is 33.4. The molecule has 0 unspecified atom stereocenters. The van der Waals surface area contributed by atoms with Crippen LogP contribution in [0, 0.1) is 0 Å². The second kappa shape index (κ2) is 12.3. The van der Waals surface area contributed by atoms with Crippen molar-refractivity contribution in [2.75, 3.05) is 0 Å². The first kappa shape index (κ1) is 19.6. The number of carbonyl (C=O) groups is 3. The van der Waals surface area contributed by atoms with Gasteiger partial charge in [-0.1, -0.05) is 45.4 Å². The number of hydrogen-bond acceptors (Lipinski definition) is 4. The Bertz CT molecular complexity index is 332. The molecule has 0 radical (unpaired) electrons. The number of nitrogens with one attached hydrogen (secondary N) is 1. The van der Waals surface area contributed by atoms with Crippen molar-refractivity contribution in [3.05, 3.63) is 0 Å². The summed E-state index contributed by atoms with van der Waals surface area (Å²) >= 11 is 0. The lowest BCUT2D eigenvalue weighted by Gasteiger charge is -2.06. The molecule has 0 fully saturated rings. The summed E-state index contributed by atoms with van der Waals surface area (Å²) in [5.41, 5.74) is 5.28. The molecule has 0 aromatic rings. The van der Waals surface area contributed by atoms with E-state index in [4.69, 9.17) is 10.8 Å². The van der Waals surface area contributed by atoms with Crippen molar-refractivity contribution in [2.24, 2.45) is 5.73 Å². The number of carboxylic acid groups (broad SMARTS) is 1. The minimum absolute atomic E-state index is 0.0336. The molecule has 0 saturated carbocycles. The number of amides is 2. The molecule has 4 N–H and O–H groups in total. The second-order valence-electron chi connectivity index (χ2n) is 5.33. The Kier molecular flexibility index (Phi) is 11.5. The van der Waals surface area contributed by atoms with Crippen molar-refractivity contribution in [2.45, 2.75) is 77.2 Å². The van der Waals surface area contributed by atoms with E-state index in [2.05, 4.69) is 12.2 Å². The van der Waals surface area contributed by atoms with Gasteiger partial charge in [0.1, 0.15) is 6.04 Å². The topological polar surface area (TPSA) is 109 Å². The molecule has 0 spiro atoms. The molecule has 0 aliphatic carbocycles. The second-order valence-corrected chi connectivity index (χ2v) is 5.33. The van der Waals surface area contributed by atoms with Crippen molar-refractivity contribution in [3.8, 4) is 0 Å². The largest absolute Gasteiger partial charge is 0.480 e. The fraction of sp³-hybridized carbons (Fsp3) is 0.800. The van der Waals surface area contributed by atoms with Crippen LogP contribution in [0.1, 0.15) is 71.1 Å². The fourth-order valence-corrected chi connectivity index (χ4v) is 1.93. The summed E-state index contributed by atoms with van der Waals surface area (Å²) in [6, 6.07) is -1.06. The van der Waals surface area contributed by atoms with Gasteiger partial charge in [-0.25, -0.2) is 0 Å². The summed E-state index contributed by atoms with van der Waals surface area (Å²) < 4.78 is 0. The average Bonchev–Trinajstić information content (AvgIpc) is 2.43. The highest BCUT2D eigenvalue weighted by atomic mass is 16.4. The highest BCUT2D eigenvalue weighted by Crippen LogP contribution is 2.08. The van der Waals surface area contributed by atoms with Gasteiger partial charge in [-0.15, -0.1) is 0 Å². The summed E-state index contributed by atoms with van der Waals surface area (Å²) in [7, 11) is 0. The van der Waals surface area contributed by atoms with Gasteiger partial charge in [0.25, 0.3) is 0 Å². The smallest absolute Gasteiger partial charge is 0.320 e. The van der Waals surface area contributed by atoms with Crippen LogP contribution in [-0.4, -0.2) is 28.9 Å². The van der Waals surface area contributed by atoms with Gasteiger partial charge in [0.2, 0.25) is 11.8 Å². The number of unbranched alkanes of at least 4 members (excludes halogenated alkanes) is 6. The van der Waals surface area contributed by atoms with Crippen LogP contribution < -0.4 is 11.1 Å². The standard InChI is InChI=1S/C15H28N2O4/c1-2-3-4-5-6-7-8-9-13(18)17-14(19)11-10-12(16)15(20)21/h12H,2-11,16H2,1H3,(H,20,21)(H,17,18,19)/t12-/m0/s1. The van der Waals surface area contributed by atoms with Crippen molar-refractivity contribution < 1.29 is 19.5 Å². The first-order valence-electron chi connectivity index (χ1n) is 7.78. The molecule has 6 nitrogen and oxygen atoms in total. The SMILES string of the molecule is CCCCCCCCCC(=O)NC(=O)CC[C@H](N)C(=O)O. The molecule has 122 valence electrons. The van der Waals surface area contributed by atoms with Gasteiger partial charge in [0, 0.05) is 12.8 Å². The highest BCUT2D eigenvalue weighted by molar-refractivity contribution is 5.95. The number of hydrogen-bond donors (Lipinski definition) is 3. The van der Waals surface area contributed by atoms with Gasteiger partial charge in [0.15, 0.2) is 0 Å². The normalized spacial score (nSPS) is 11.9. The van der Waals surface area contributed by atoms with E-state index in [0.29, 0.717) is 6.42 Å². The molecule has 1 atom stereocenters. The van der Waals surface area contributed by atoms with Gasteiger partial charge < -0.3 is 10.8 Å². The molecule has 0 aromatic carbocycles. The molecule has 0 bridgehead atoms. The zero-order valence-corrected chi connectivity index (χ0v) is 12.9. The number of imide groups is 1. The lowest BCUT2D eigenvalue weighted by Crippen LogP contribution is -2.34. The molecule has 0 aliphatic heterocycles. The first-order chi connectivity index (χ1) is 9.97. The molecule has 0 heterocycles. The van der Waals surface area contributed by atoms with Crippen LogP contribution in [0.2, 0.25) is 0 Å². The van der Waals surface area contributed by atoms with Crippen LogP contribution in [0.15, 0.2) is 0 Å². The molecule has 6 heteroatoms. The van der Waals surface area contributed by atoms with Crippen molar-refractivity contribution in [1.29, 1.82) is 0 Å². The Morgan fingerprint density at radius 1 is 0.952 bits per heavy atom. The maximum Gasteiger partial charge on any atom is 0.320 e. The van der Waals surface area contributed by atoms with Gasteiger partial charge in [-0.2, -0.15) is 0 Å². The maximum absolute atomic E-state index is 11.5. The van der Waals surface area contributed by atoms with E-state index >= 15 is 0 Å². The Morgan fingerprint density at radius 2 is 1.48 bits per heavy atom. The van der Waals surface area contributed by atoms with Crippen LogP contribution in [0.5, 0.6) is 0 Å².